The summed E-state index contributed by atoms with van der Waals surface area (Å²) in [5, 5.41) is 8.63. The second kappa shape index (κ2) is 9.40. The molecule has 0 saturated heterocycles. The maximum absolute atomic E-state index is 10.3. The van der Waals surface area contributed by atoms with Crippen molar-refractivity contribution in [1.29, 1.82) is 5.26 Å². The maximum Gasteiger partial charge on any atom is 0.302 e. The molecule has 0 bridgehead atoms. The Morgan fingerprint density at radius 3 is 2.15 bits per heavy atom. The Morgan fingerprint density at radius 2 is 1.92 bits per heavy atom. The summed E-state index contributed by atoms with van der Waals surface area (Å²) in [6.45, 7) is 8.30. The van der Waals surface area contributed by atoms with Crippen LogP contribution in [0, 0.1) is 22.5 Å². The molecule has 0 heterocycles. The number of thiol groups is 1. The van der Waals surface area contributed by atoms with Crippen LogP contribution in [0.25, 0.3) is 0 Å². The van der Waals surface area contributed by atoms with Gasteiger partial charge in [0.2, 0.25) is 0 Å². The summed E-state index contributed by atoms with van der Waals surface area (Å²) in [4.78, 5) is 10.3. The Morgan fingerprint density at radius 1 is 1.54 bits per heavy atom. The highest BCUT2D eigenvalue weighted by Gasteiger charge is 2.07. The summed E-state index contributed by atoms with van der Waals surface area (Å²) >= 11 is 3.09. The molecule has 3 nitrogen and oxygen atoms in total. The van der Waals surface area contributed by atoms with Gasteiger partial charge in [0.05, 0.1) is 6.61 Å². The second-order valence-corrected chi connectivity index (χ2v) is 3.32. The first-order chi connectivity index (χ1) is 5.95. The highest BCUT2D eigenvalue weighted by atomic mass is 32.1. The van der Waals surface area contributed by atoms with Crippen molar-refractivity contribution in [2.75, 3.05) is 6.61 Å². The van der Waals surface area contributed by atoms with Crippen molar-refractivity contribution >= 4 is 18.6 Å². The lowest BCUT2D eigenvalue weighted by Crippen LogP contribution is -2.14. The number of rotatable bonds is 3. The Hall–Kier alpha value is -0.690. The van der Waals surface area contributed by atoms with Gasteiger partial charge in [0, 0.05) is 6.92 Å². The molecular weight excluding hydrogens is 186 g/mol. The molecule has 0 fully saturated rings. The molecule has 0 aliphatic rings. The number of hydrogen-bond acceptors (Lipinski definition) is 4. The van der Waals surface area contributed by atoms with E-state index in [-0.39, 0.29) is 5.97 Å². The highest BCUT2D eigenvalue weighted by molar-refractivity contribution is 7.85. The monoisotopic (exact) mass is 203 g/mol. The van der Waals surface area contributed by atoms with E-state index in [0.717, 1.165) is 0 Å². The summed E-state index contributed by atoms with van der Waals surface area (Å²) in [5.74, 6) is 0.857. The molecule has 0 amide bonds. The molecule has 0 aromatic heterocycles. The standard InChI is InChI=1S/C8H16O2.CHNS/c1-6(2)7(3)5-10-8(4)9;2-1-3/h6-7H,5H2,1-4H3;3H. The third-order valence-electron chi connectivity index (χ3n) is 1.69. The van der Waals surface area contributed by atoms with Crippen LogP contribution in [-0.2, 0) is 9.53 Å². The van der Waals surface area contributed by atoms with Crippen LogP contribution in [-0.4, -0.2) is 12.6 Å². The molecule has 0 aromatic carbocycles. The molecule has 1 atom stereocenters. The smallest absolute Gasteiger partial charge is 0.302 e. The van der Waals surface area contributed by atoms with E-state index in [2.05, 4.69) is 33.4 Å². The third kappa shape index (κ3) is 14.2. The van der Waals surface area contributed by atoms with E-state index in [1.807, 2.05) is 0 Å². The van der Waals surface area contributed by atoms with Gasteiger partial charge in [-0.05, 0) is 11.8 Å². The van der Waals surface area contributed by atoms with Crippen LogP contribution < -0.4 is 0 Å². The summed E-state index contributed by atoms with van der Waals surface area (Å²) in [6, 6.07) is 0. The fourth-order valence-corrected chi connectivity index (χ4v) is 0.441. The number of carbonyl (C=O) groups excluding carboxylic acids is 1. The van der Waals surface area contributed by atoms with Crippen LogP contribution in [0.1, 0.15) is 27.7 Å². The van der Waals surface area contributed by atoms with Crippen molar-refractivity contribution in [1.82, 2.24) is 0 Å². The zero-order valence-electron chi connectivity index (χ0n) is 8.57. The lowest BCUT2D eigenvalue weighted by molar-refractivity contribution is -0.142. The molecule has 13 heavy (non-hydrogen) atoms. The summed E-state index contributed by atoms with van der Waals surface area (Å²) in [6.07, 6.45) is 0. The van der Waals surface area contributed by atoms with E-state index in [4.69, 9.17) is 10.00 Å². The highest BCUT2D eigenvalue weighted by Crippen LogP contribution is 2.09. The largest absolute Gasteiger partial charge is 0.466 e. The summed E-state index contributed by atoms with van der Waals surface area (Å²) < 4.78 is 4.83. The zero-order chi connectivity index (χ0) is 10.9. The lowest BCUT2D eigenvalue weighted by atomic mass is 9.99. The number of carbonyl (C=O) groups is 1. The minimum Gasteiger partial charge on any atom is -0.466 e. The topological polar surface area (TPSA) is 50.1 Å². The minimum atomic E-state index is -0.187. The number of nitriles is 1. The van der Waals surface area contributed by atoms with E-state index >= 15 is 0 Å². The molecule has 0 rings (SSSR count). The first-order valence-corrected chi connectivity index (χ1v) is 4.56. The maximum atomic E-state index is 10.3. The summed E-state index contributed by atoms with van der Waals surface area (Å²) in [5.41, 5.74) is 0. The van der Waals surface area contributed by atoms with Crippen molar-refractivity contribution in [2.45, 2.75) is 27.7 Å². The van der Waals surface area contributed by atoms with Gasteiger partial charge in [0.15, 0.2) is 0 Å². The normalized spacial score (nSPS) is 10.8. The average Bonchev–Trinajstić information content (AvgIpc) is 2.01. The van der Waals surface area contributed by atoms with Crippen LogP contribution in [0.15, 0.2) is 0 Å². The SMILES string of the molecule is CC(=O)OCC(C)C(C)C.N#CS. The molecular formula is C9H17NO2S. The predicted octanol–water partition coefficient (Wildman–Crippen LogP) is 2.24. The Kier molecular flexibility index (Phi) is 10.7. The molecule has 0 aromatic rings. The molecule has 4 heteroatoms. The number of hydrogen-bond donors (Lipinski definition) is 1. The fraction of sp³-hybridized carbons (Fsp3) is 0.778. The summed E-state index contributed by atoms with van der Waals surface area (Å²) in [7, 11) is 0. The number of nitrogens with zero attached hydrogens (tertiary/aromatic N) is 1. The number of ether oxygens (including phenoxy) is 1. The van der Waals surface area contributed by atoms with Crippen LogP contribution in [0.4, 0.5) is 0 Å². The lowest BCUT2D eigenvalue weighted by Gasteiger charge is -2.14. The Balaban J connectivity index is 0. The zero-order valence-corrected chi connectivity index (χ0v) is 9.47. The molecule has 76 valence electrons. The van der Waals surface area contributed by atoms with Crippen LogP contribution >= 0.6 is 12.6 Å². The van der Waals surface area contributed by atoms with Crippen molar-refractivity contribution in [3.8, 4) is 5.40 Å². The van der Waals surface area contributed by atoms with E-state index in [9.17, 15) is 4.79 Å². The molecule has 0 N–H and O–H groups in total. The van der Waals surface area contributed by atoms with Crippen molar-refractivity contribution in [3.05, 3.63) is 0 Å². The quantitative estimate of drug-likeness (QED) is 0.435. The van der Waals surface area contributed by atoms with Gasteiger partial charge in [-0.3, -0.25) is 4.79 Å². The van der Waals surface area contributed by atoms with Gasteiger partial charge in [-0.1, -0.05) is 33.4 Å². The van der Waals surface area contributed by atoms with E-state index in [0.29, 0.717) is 18.4 Å². The fourth-order valence-electron chi connectivity index (χ4n) is 0.441. The minimum absolute atomic E-state index is 0.187. The molecule has 0 aliphatic heterocycles. The van der Waals surface area contributed by atoms with Crippen LogP contribution in [0.5, 0.6) is 0 Å². The van der Waals surface area contributed by atoms with E-state index < -0.39 is 0 Å². The van der Waals surface area contributed by atoms with Gasteiger partial charge in [-0.2, -0.15) is 5.26 Å². The molecule has 0 radical (unpaired) electrons. The van der Waals surface area contributed by atoms with Gasteiger partial charge in [-0.15, -0.1) is 0 Å². The first kappa shape index (κ1) is 14.8. The van der Waals surface area contributed by atoms with Crippen molar-refractivity contribution in [2.24, 2.45) is 11.8 Å². The Bertz CT molecular complexity index is 175. The molecule has 0 spiro atoms. The Labute approximate surface area is 85.5 Å². The number of thiocyanates is 1. The van der Waals surface area contributed by atoms with Crippen molar-refractivity contribution < 1.29 is 9.53 Å². The van der Waals surface area contributed by atoms with Crippen molar-refractivity contribution in [3.63, 3.8) is 0 Å². The first-order valence-electron chi connectivity index (χ1n) is 4.12. The van der Waals surface area contributed by atoms with Gasteiger partial charge < -0.3 is 4.74 Å². The second-order valence-electron chi connectivity index (χ2n) is 3.12. The average molecular weight is 203 g/mol. The van der Waals surface area contributed by atoms with Gasteiger partial charge >= 0.3 is 5.97 Å². The molecule has 0 saturated carbocycles. The molecule has 1 unspecified atom stereocenters. The van der Waals surface area contributed by atoms with Gasteiger partial charge in [0.25, 0.3) is 0 Å². The van der Waals surface area contributed by atoms with Crippen LogP contribution in [0.2, 0.25) is 0 Å². The van der Waals surface area contributed by atoms with Crippen LogP contribution in [0.3, 0.4) is 0 Å². The van der Waals surface area contributed by atoms with E-state index in [1.165, 1.54) is 12.3 Å². The van der Waals surface area contributed by atoms with Gasteiger partial charge in [-0.25, -0.2) is 0 Å². The third-order valence-corrected chi connectivity index (χ3v) is 1.69. The predicted molar refractivity (Wildman–Crippen MR) is 55.2 cm³/mol. The number of esters is 1. The van der Waals surface area contributed by atoms with E-state index in [1.54, 1.807) is 0 Å². The molecule has 0 aliphatic carbocycles. The van der Waals surface area contributed by atoms with Gasteiger partial charge in [0.1, 0.15) is 5.40 Å².